The van der Waals surface area contributed by atoms with E-state index in [1.807, 2.05) is 0 Å². The Morgan fingerprint density at radius 3 is 2.67 bits per heavy atom. The van der Waals surface area contributed by atoms with Gasteiger partial charge in [0.2, 0.25) is 0 Å². The Kier molecular flexibility index (Phi) is 4.04. The first kappa shape index (κ1) is 11.4. The lowest BCUT2D eigenvalue weighted by molar-refractivity contribution is 0.119. The van der Waals surface area contributed by atoms with Crippen molar-refractivity contribution in [2.24, 2.45) is 11.7 Å². The third-order valence-electron chi connectivity index (χ3n) is 4.41. The van der Waals surface area contributed by atoms with E-state index in [1.165, 1.54) is 58.0 Å². The van der Waals surface area contributed by atoms with Crippen molar-refractivity contribution >= 4 is 0 Å². The fourth-order valence-electron chi connectivity index (χ4n) is 3.36. The Hall–Kier alpha value is -0.0800. The number of likely N-dealkylation sites (tertiary alicyclic amines) is 1. The van der Waals surface area contributed by atoms with Crippen LogP contribution in [0.2, 0.25) is 0 Å². The van der Waals surface area contributed by atoms with Gasteiger partial charge in [0.05, 0.1) is 0 Å². The fourth-order valence-corrected chi connectivity index (χ4v) is 3.36. The molecule has 15 heavy (non-hydrogen) atoms. The van der Waals surface area contributed by atoms with Gasteiger partial charge in [0.25, 0.3) is 0 Å². The number of hydrogen-bond donors (Lipinski definition) is 1. The third kappa shape index (κ3) is 2.73. The molecule has 3 atom stereocenters. The highest BCUT2D eigenvalue weighted by molar-refractivity contribution is 4.85. The van der Waals surface area contributed by atoms with Crippen molar-refractivity contribution in [3.05, 3.63) is 0 Å². The van der Waals surface area contributed by atoms with Gasteiger partial charge in [0, 0.05) is 18.6 Å². The number of rotatable bonds is 3. The average Bonchev–Trinajstić information content (AvgIpc) is 2.65. The van der Waals surface area contributed by atoms with E-state index in [4.69, 9.17) is 5.73 Å². The van der Waals surface area contributed by atoms with E-state index in [1.54, 1.807) is 0 Å². The van der Waals surface area contributed by atoms with Gasteiger partial charge in [-0.05, 0) is 44.6 Å². The fraction of sp³-hybridized carbons (Fsp3) is 1.00. The summed E-state index contributed by atoms with van der Waals surface area (Å²) in [6, 6.07) is 1.34. The smallest absolute Gasteiger partial charge is 0.00927 e. The third-order valence-corrected chi connectivity index (χ3v) is 4.41. The predicted molar refractivity (Wildman–Crippen MR) is 64.8 cm³/mol. The monoisotopic (exact) mass is 210 g/mol. The lowest BCUT2D eigenvalue weighted by atomic mass is 9.96. The van der Waals surface area contributed by atoms with Crippen LogP contribution in [0, 0.1) is 5.92 Å². The minimum Gasteiger partial charge on any atom is -0.327 e. The highest BCUT2D eigenvalue weighted by Gasteiger charge is 2.29. The summed E-state index contributed by atoms with van der Waals surface area (Å²) in [7, 11) is 0. The zero-order valence-electron chi connectivity index (χ0n) is 10.1. The van der Waals surface area contributed by atoms with Crippen molar-refractivity contribution < 1.29 is 0 Å². The van der Waals surface area contributed by atoms with Gasteiger partial charge in [-0.3, -0.25) is 0 Å². The van der Waals surface area contributed by atoms with Crippen molar-refractivity contribution in [1.82, 2.24) is 4.90 Å². The van der Waals surface area contributed by atoms with Gasteiger partial charge in [0.1, 0.15) is 0 Å². The Bertz CT molecular complexity index is 193. The molecule has 88 valence electrons. The van der Waals surface area contributed by atoms with E-state index in [0.29, 0.717) is 6.04 Å². The van der Waals surface area contributed by atoms with Gasteiger partial charge < -0.3 is 10.6 Å². The summed E-state index contributed by atoms with van der Waals surface area (Å²) in [6.07, 6.45) is 9.56. The second kappa shape index (κ2) is 5.31. The molecule has 1 aliphatic heterocycles. The van der Waals surface area contributed by atoms with Crippen molar-refractivity contribution in [3.63, 3.8) is 0 Å². The second-order valence-corrected chi connectivity index (χ2v) is 5.41. The summed E-state index contributed by atoms with van der Waals surface area (Å²) in [4.78, 5) is 2.72. The number of nitrogens with two attached hydrogens (primary N) is 1. The molecular weight excluding hydrogens is 184 g/mol. The number of hydrogen-bond acceptors (Lipinski definition) is 2. The van der Waals surface area contributed by atoms with Crippen LogP contribution in [-0.4, -0.2) is 30.1 Å². The molecule has 0 radical (unpaired) electrons. The van der Waals surface area contributed by atoms with E-state index in [9.17, 15) is 0 Å². The summed E-state index contributed by atoms with van der Waals surface area (Å²) in [5, 5.41) is 0. The van der Waals surface area contributed by atoms with Crippen LogP contribution in [0.15, 0.2) is 0 Å². The van der Waals surface area contributed by atoms with Gasteiger partial charge >= 0.3 is 0 Å². The van der Waals surface area contributed by atoms with Gasteiger partial charge in [-0.25, -0.2) is 0 Å². The van der Waals surface area contributed by atoms with E-state index in [2.05, 4.69) is 11.8 Å². The van der Waals surface area contributed by atoms with Crippen LogP contribution in [0.5, 0.6) is 0 Å². The summed E-state index contributed by atoms with van der Waals surface area (Å²) < 4.78 is 0. The first-order chi connectivity index (χ1) is 7.31. The molecule has 0 spiro atoms. The first-order valence-electron chi connectivity index (χ1n) is 6.81. The minimum absolute atomic E-state index is 0.490. The first-order valence-corrected chi connectivity index (χ1v) is 6.81. The Morgan fingerprint density at radius 1 is 1.13 bits per heavy atom. The van der Waals surface area contributed by atoms with Crippen LogP contribution < -0.4 is 5.73 Å². The van der Waals surface area contributed by atoms with Crippen molar-refractivity contribution in [2.75, 3.05) is 13.1 Å². The lowest BCUT2D eigenvalue weighted by Gasteiger charge is -2.37. The van der Waals surface area contributed by atoms with Crippen LogP contribution in [-0.2, 0) is 0 Å². The molecule has 3 unspecified atom stereocenters. The Morgan fingerprint density at radius 2 is 2.00 bits per heavy atom. The molecule has 2 fully saturated rings. The van der Waals surface area contributed by atoms with Gasteiger partial charge in [-0.15, -0.1) is 0 Å². The summed E-state index contributed by atoms with van der Waals surface area (Å²) in [5.74, 6) is 0.789. The Labute approximate surface area is 94.2 Å². The summed E-state index contributed by atoms with van der Waals surface area (Å²) >= 11 is 0. The molecule has 0 aromatic carbocycles. The summed E-state index contributed by atoms with van der Waals surface area (Å²) in [6.45, 7) is 4.93. The van der Waals surface area contributed by atoms with E-state index in [0.717, 1.165) is 12.0 Å². The second-order valence-electron chi connectivity index (χ2n) is 5.41. The molecule has 1 aliphatic carbocycles. The van der Waals surface area contributed by atoms with Crippen LogP contribution in [0.4, 0.5) is 0 Å². The van der Waals surface area contributed by atoms with Crippen LogP contribution in [0.1, 0.15) is 51.9 Å². The van der Waals surface area contributed by atoms with Crippen molar-refractivity contribution in [1.29, 1.82) is 0 Å². The molecular formula is C13H26N2. The van der Waals surface area contributed by atoms with E-state index < -0.39 is 0 Å². The molecule has 0 aromatic rings. The van der Waals surface area contributed by atoms with E-state index in [-0.39, 0.29) is 0 Å². The zero-order valence-corrected chi connectivity index (χ0v) is 10.1. The molecule has 0 bridgehead atoms. The Balaban J connectivity index is 1.85. The molecule has 1 heterocycles. The normalized spacial score (nSPS) is 38.4. The number of piperidine rings is 1. The molecule has 2 N–H and O–H groups in total. The highest BCUT2D eigenvalue weighted by atomic mass is 15.2. The molecule has 0 aromatic heterocycles. The predicted octanol–water partition coefficient (Wildman–Crippen LogP) is 2.38. The molecule has 0 amide bonds. The van der Waals surface area contributed by atoms with Gasteiger partial charge in [-0.1, -0.05) is 19.8 Å². The highest BCUT2D eigenvalue weighted by Crippen LogP contribution is 2.28. The lowest BCUT2D eigenvalue weighted by Crippen LogP contribution is -2.44. The van der Waals surface area contributed by atoms with Crippen LogP contribution in [0.25, 0.3) is 0 Å². The van der Waals surface area contributed by atoms with Crippen LogP contribution in [0.3, 0.4) is 0 Å². The topological polar surface area (TPSA) is 29.3 Å². The molecule has 2 heteroatoms. The molecule has 2 nitrogen and oxygen atoms in total. The molecule has 2 rings (SSSR count). The van der Waals surface area contributed by atoms with Crippen molar-refractivity contribution in [3.8, 4) is 0 Å². The molecule has 1 saturated carbocycles. The van der Waals surface area contributed by atoms with Gasteiger partial charge in [0.15, 0.2) is 0 Å². The van der Waals surface area contributed by atoms with E-state index >= 15 is 0 Å². The standard InChI is InChI=1S/C13H26N2/c1-2-12-7-3-4-9-15(12)10-11-6-5-8-13(11)14/h11-13H,2-10,14H2,1H3. The van der Waals surface area contributed by atoms with Crippen LogP contribution >= 0.6 is 0 Å². The maximum atomic E-state index is 6.16. The quantitative estimate of drug-likeness (QED) is 0.775. The largest absolute Gasteiger partial charge is 0.327 e. The minimum atomic E-state index is 0.490. The summed E-state index contributed by atoms with van der Waals surface area (Å²) in [5.41, 5.74) is 6.16. The molecule has 1 saturated heterocycles. The van der Waals surface area contributed by atoms with Gasteiger partial charge in [-0.2, -0.15) is 0 Å². The SMILES string of the molecule is CCC1CCCCN1CC1CCCC1N. The zero-order chi connectivity index (χ0) is 10.7. The maximum absolute atomic E-state index is 6.16. The molecule has 2 aliphatic rings. The van der Waals surface area contributed by atoms with Crippen molar-refractivity contribution in [2.45, 2.75) is 64.0 Å². The average molecular weight is 210 g/mol. The maximum Gasteiger partial charge on any atom is 0.00927 e. The number of nitrogens with zero attached hydrogens (tertiary/aromatic N) is 1.